The normalized spacial score (nSPS) is 9.47. The fourth-order valence-electron chi connectivity index (χ4n) is 1.20. The number of nitrogens with zero attached hydrogens (tertiary/aromatic N) is 3. The Morgan fingerprint density at radius 2 is 2.41 bits per heavy atom. The van der Waals surface area contributed by atoms with Gasteiger partial charge in [-0.25, -0.2) is 4.98 Å². The minimum Gasteiger partial charge on any atom is -0.463 e. The summed E-state index contributed by atoms with van der Waals surface area (Å²) < 4.78 is 2.45. The van der Waals surface area contributed by atoms with E-state index in [1.54, 1.807) is 12.3 Å². The zero-order chi connectivity index (χ0) is 12.8. The van der Waals surface area contributed by atoms with Crippen LogP contribution in [0.1, 0.15) is 5.56 Å². The van der Waals surface area contributed by atoms with Gasteiger partial charge >= 0.3 is 16.5 Å². The topological polar surface area (TPSA) is 69.0 Å². The van der Waals surface area contributed by atoms with Crippen molar-refractivity contribution in [3.05, 3.63) is 17.8 Å². The molecule has 0 saturated heterocycles. The molecule has 1 N–H and O–H groups in total. The van der Waals surface area contributed by atoms with Crippen LogP contribution in [0, 0.1) is 11.3 Å². The van der Waals surface area contributed by atoms with Crippen molar-refractivity contribution in [2.24, 2.45) is 0 Å². The lowest BCUT2D eigenvalue weighted by Crippen LogP contribution is -2.21. The van der Waals surface area contributed by atoms with Crippen molar-refractivity contribution in [3.8, 4) is 6.07 Å². The van der Waals surface area contributed by atoms with E-state index in [4.69, 9.17) is 5.26 Å². The molecule has 1 aromatic heterocycles. The fraction of sp³-hybridized carbons (Fsp3) is 0.300. The van der Waals surface area contributed by atoms with Crippen LogP contribution in [0.15, 0.2) is 17.3 Å². The first-order valence-electron chi connectivity index (χ1n) is 4.78. The summed E-state index contributed by atoms with van der Waals surface area (Å²) in [6.07, 6.45) is 1.64. The molecule has 0 unspecified atom stereocenters. The average molecular weight is 262 g/mol. The molecular formula is C10H11AlN4OS. The van der Waals surface area contributed by atoms with Gasteiger partial charge in [0.1, 0.15) is 16.7 Å². The quantitative estimate of drug-likeness (QED) is 0.625. The van der Waals surface area contributed by atoms with Crippen LogP contribution in [0.5, 0.6) is 0 Å². The summed E-state index contributed by atoms with van der Waals surface area (Å²) in [5, 5.41) is 9.71. The molecule has 0 aromatic carbocycles. The number of nitriles is 1. The number of aromatic nitrogens is 1. The summed E-state index contributed by atoms with van der Waals surface area (Å²) in [7, 11) is 3.72. The minimum absolute atomic E-state index is 0.124. The van der Waals surface area contributed by atoms with Crippen molar-refractivity contribution < 1.29 is 4.79 Å². The van der Waals surface area contributed by atoms with Gasteiger partial charge in [-0.2, -0.15) is 5.26 Å². The van der Waals surface area contributed by atoms with Gasteiger partial charge < -0.3 is 9.20 Å². The molecule has 0 saturated carbocycles. The van der Waals surface area contributed by atoms with Gasteiger partial charge in [-0.1, -0.05) is 11.8 Å². The lowest BCUT2D eigenvalue weighted by Gasteiger charge is -2.15. The lowest BCUT2D eigenvalue weighted by atomic mass is 10.2. The third-order valence-corrected chi connectivity index (χ3v) is 3.30. The molecule has 86 valence electrons. The summed E-state index contributed by atoms with van der Waals surface area (Å²) in [5.74, 6) is 0.114. The van der Waals surface area contributed by atoms with E-state index >= 15 is 0 Å². The first-order chi connectivity index (χ1) is 8.10. The van der Waals surface area contributed by atoms with Gasteiger partial charge in [0.25, 0.3) is 0 Å². The van der Waals surface area contributed by atoms with Gasteiger partial charge in [0, 0.05) is 20.3 Å². The van der Waals surface area contributed by atoms with Crippen LogP contribution in [-0.2, 0) is 4.79 Å². The number of thioether (sulfide) groups is 1. The highest BCUT2D eigenvalue weighted by atomic mass is 32.2. The molecule has 1 rings (SSSR count). The molecule has 1 heterocycles. The number of carbonyl (C=O) groups excluding carboxylic acids is 1. The fourth-order valence-corrected chi connectivity index (χ4v) is 2.23. The first-order valence-corrected chi connectivity index (χ1v) is 6.35. The Balaban J connectivity index is 2.96. The van der Waals surface area contributed by atoms with Gasteiger partial charge in [0.2, 0.25) is 5.91 Å². The van der Waals surface area contributed by atoms with Crippen LogP contribution in [0.3, 0.4) is 0 Å². The molecule has 0 spiro atoms. The Morgan fingerprint density at radius 3 is 2.94 bits per heavy atom. The second-order valence-electron chi connectivity index (χ2n) is 3.37. The average Bonchev–Trinajstić information content (AvgIpc) is 2.34. The lowest BCUT2D eigenvalue weighted by molar-refractivity contribution is -0.116. The molecule has 0 aliphatic heterocycles. The number of hydrogen-bond donors (Lipinski definition) is 1. The van der Waals surface area contributed by atoms with Crippen molar-refractivity contribution in [1.82, 2.24) is 9.28 Å². The van der Waals surface area contributed by atoms with E-state index in [1.807, 2.05) is 19.0 Å². The van der Waals surface area contributed by atoms with Gasteiger partial charge in [-0.3, -0.25) is 4.79 Å². The minimum atomic E-state index is -0.124. The monoisotopic (exact) mass is 262 g/mol. The molecule has 0 bridgehead atoms. The Morgan fingerprint density at radius 1 is 1.71 bits per heavy atom. The van der Waals surface area contributed by atoms with E-state index in [9.17, 15) is 4.79 Å². The van der Waals surface area contributed by atoms with Crippen molar-refractivity contribution in [2.75, 3.05) is 24.7 Å². The summed E-state index contributed by atoms with van der Waals surface area (Å²) >= 11 is 3.40. The van der Waals surface area contributed by atoms with E-state index in [0.717, 1.165) is 5.69 Å². The maximum absolute atomic E-state index is 11.1. The van der Waals surface area contributed by atoms with Gasteiger partial charge in [0.05, 0.1) is 11.4 Å². The molecule has 0 atom stereocenters. The maximum atomic E-state index is 11.1. The number of hydrogen-bond acceptors (Lipinski definition) is 5. The molecule has 1 aromatic rings. The molecular weight excluding hydrogens is 251 g/mol. The molecule has 7 heteroatoms. The highest BCUT2D eigenvalue weighted by Crippen LogP contribution is 2.26. The summed E-state index contributed by atoms with van der Waals surface area (Å²) in [6.45, 7) is 0. The van der Waals surface area contributed by atoms with Crippen molar-refractivity contribution >= 4 is 39.9 Å². The molecule has 0 fully saturated rings. The summed E-state index contributed by atoms with van der Waals surface area (Å²) in [6, 6.07) is 3.90. The third-order valence-electron chi connectivity index (χ3n) is 1.99. The Labute approximate surface area is 113 Å². The molecule has 1 amide bonds. The third kappa shape index (κ3) is 3.64. The molecule has 2 radical (unpaired) electrons. The SMILES string of the molecule is CN(C)c1ccnc(SCC(=O)[NH][Al])c1C#N. The predicted molar refractivity (Wildman–Crippen MR) is 67.9 cm³/mol. The number of nitrogens with one attached hydrogen (secondary N) is 1. The Kier molecular flexibility index (Phi) is 5.31. The van der Waals surface area contributed by atoms with Crippen LogP contribution >= 0.6 is 11.8 Å². The van der Waals surface area contributed by atoms with E-state index in [-0.39, 0.29) is 11.7 Å². The summed E-state index contributed by atoms with van der Waals surface area (Å²) in [4.78, 5) is 17.1. The molecule has 17 heavy (non-hydrogen) atoms. The van der Waals surface area contributed by atoms with E-state index in [1.165, 1.54) is 11.8 Å². The zero-order valence-electron chi connectivity index (χ0n) is 9.60. The van der Waals surface area contributed by atoms with E-state index in [2.05, 4.69) is 31.9 Å². The maximum Gasteiger partial charge on any atom is 0.310 e. The molecule has 0 aliphatic carbocycles. The van der Waals surface area contributed by atoms with Crippen molar-refractivity contribution in [3.63, 3.8) is 0 Å². The van der Waals surface area contributed by atoms with Gasteiger partial charge in [0.15, 0.2) is 0 Å². The number of amides is 1. The van der Waals surface area contributed by atoms with Crippen LogP contribution in [-0.4, -0.2) is 47.3 Å². The summed E-state index contributed by atoms with van der Waals surface area (Å²) in [5.41, 5.74) is 1.30. The number of pyridine rings is 1. The van der Waals surface area contributed by atoms with Crippen LogP contribution in [0.25, 0.3) is 0 Å². The number of carbonyl (C=O) groups is 1. The van der Waals surface area contributed by atoms with Crippen LogP contribution in [0.4, 0.5) is 5.69 Å². The van der Waals surface area contributed by atoms with E-state index in [0.29, 0.717) is 10.6 Å². The Hall–Kier alpha value is -1.21. The first kappa shape index (κ1) is 13.9. The standard InChI is InChI=1S/C10H12N4OS.Al/c1-14(2)8-3-4-13-10(7(8)5-11)16-6-9(12)15;/h3-4H,6H2,1-2H3,(H2,12,15);/q;+1/p-1. The van der Waals surface area contributed by atoms with Crippen LogP contribution in [0.2, 0.25) is 0 Å². The second-order valence-corrected chi connectivity index (χ2v) is 4.63. The molecule has 0 aliphatic rings. The van der Waals surface area contributed by atoms with Crippen LogP contribution < -0.4 is 9.20 Å². The van der Waals surface area contributed by atoms with E-state index < -0.39 is 0 Å². The zero-order valence-corrected chi connectivity index (χ0v) is 11.6. The molecule has 5 nitrogen and oxygen atoms in total. The predicted octanol–water partition coefficient (Wildman–Crippen LogP) is 0.311. The van der Waals surface area contributed by atoms with Gasteiger partial charge in [-0.15, -0.1) is 0 Å². The largest absolute Gasteiger partial charge is 0.463 e. The van der Waals surface area contributed by atoms with Crippen molar-refractivity contribution in [2.45, 2.75) is 5.03 Å². The Bertz CT molecular complexity index is 458. The smallest absolute Gasteiger partial charge is 0.310 e. The highest BCUT2D eigenvalue weighted by Gasteiger charge is 2.12. The van der Waals surface area contributed by atoms with Gasteiger partial charge in [-0.05, 0) is 6.07 Å². The second kappa shape index (κ2) is 6.51. The number of rotatable bonds is 4. The van der Waals surface area contributed by atoms with Crippen molar-refractivity contribution in [1.29, 1.82) is 5.26 Å². The number of anilines is 1. The highest BCUT2D eigenvalue weighted by molar-refractivity contribution is 8.00.